The number of benzene rings is 1. The molecule has 1 aromatic carbocycles. The molecule has 0 aromatic heterocycles. The first-order valence-electron chi connectivity index (χ1n) is 6.02. The van der Waals surface area contributed by atoms with Crippen LogP contribution in [-0.4, -0.2) is 25.1 Å². The lowest BCUT2D eigenvalue weighted by Crippen LogP contribution is -2.33. The van der Waals surface area contributed by atoms with Crippen LogP contribution in [0.3, 0.4) is 0 Å². The van der Waals surface area contributed by atoms with Gasteiger partial charge in [0.2, 0.25) is 5.91 Å². The Hall–Kier alpha value is -1.55. The van der Waals surface area contributed by atoms with Crippen molar-refractivity contribution in [3.8, 4) is 5.75 Å². The largest absolute Gasteiger partial charge is 0.494 e. The molecule has 1 unspecified atom stereocenters. The fourth-order valence-corrected chi connectivity index (χ4v) is 1.90. The molecule has 2 rings (SSSR count). The molecule has 1 aromatic rings. The number of nitrogens with zero attached hydrogens (tertiary/aromatic N) is 1. The van der Waals surface area contributed by atoms with E-state index in [9.17, 15) is 4.79 Å². The van der Waals surface area contributed by atoms with E-state index in [4.69, 9.17) is 10.5 Å². The van der Waals surface area contributed by atoms with Crippen molar-refractivity contribution in [3.05, 3.63) is 24.3 Å². The molecule has 1 amide bonds. The van der Waals surface area contributed by atoms with Gasteiger partial charge in [-0.25, -0.2) is 0 Å². The van der Waals surface area contributed by atoms with Gasteiger partial charge >= 0.3 is 0 Å². The Balaban J connectivity index is 2.05. The highest BCUT2D eigenvalue weighted by molar-refractivity contribution is 5.99. The van der Waals surface area contributed by atoms with E-state index in [1.165, 1.54) is 0 Å². The number of anilines is 1. The SMILES string of the molecule is CCCOc1ccc(N2CCC(N)C2=O)cc1. The van der Waals surface area contributed by atoms with Gasteiger partial charge in [0.25, 0.3) is 0 Å². The van der Waals surface area contributed by atoms with Gasteiger partial charge in [0.1, 0.15) is 5.75 Å². The maximum absolute atomic E-state index is 11.7. The van der Waals surface area contributed by atoms with E-state index >= 15 is 0 Å². The van der Waals surface area contributed by atoms with Crippen molar-refractivity contribution < 1.29 is 9.53 Å². The molecule has 1 aliphatic heterocycles. The van der Waals surface area contributed by atoms with Crippen LogP contribution in [-0.2, 0) is 4.79 Å². The standard InChI is InChI=1S/C13H18N2O2/c1-2-9-17-11-5-3-10(4-6-11)15-8-7-12(14)13(15)16/h3-6,12H,2,7-9,14H2,1H3. The number of nitrogens with two attached hydrogens (primary N) is 1. The lowest BCUT2D eigenvalue weighted by molar-refractivity contribution is -0.118. The molecule has 0 spiro atoms. The van der Waals surface area contributed by atoms with Crippen LogP contribution in [0, 0.1) is 0 Å². The highest BCUT2D eigenvalue weighted by Crippen LogP contribution is 2.23. The summed E-state index contributed by atoms with van der Waals surface area (Å²) in [5.74, 6) is 0.846. The van der Waals surface area contributed by atoms with Crippen molar-refractivity contribution in [2.75, 3.05) is 18.1 Å². The first kappa shape index (κ1) is 11.9. The average molecular weight is 234 g/mol. The predicted molar refractivity (Wildman–Crippen MR) is 67.2 cm³/mol. The minimum atomic E-state index is -0.342. The maximum Gasteiger partial charge on any atom is 0.243 e. The summed E-state index contributed by atoms with van der Waals surface area (Å²) in [6, 6.07) is 7.25. The van der Waals surface area contributed by atoms with Gasteiger partial charge in [-0.05, 0) is 37.1 Å². The fraction of sp³-hybridized carbons (Fsp3) is 0.462. The van der Waals surface area contributed by atoms with Gasteiger partial charge in [0, 0.05) is 12.2 Å². The zero-order valence-electron chi connectivity index (χ0n) is 10.1. The van der Waals surface area contributed by atoms with Crippen LogP contribution in [0.5, 0.6) is 5.75 Å². The Morgan fingerprint density at radius 2 is 2.12 bits per heavy atom. The van der Waals surface area contributed by atoms with E-state index in [2.05, 4.69) is 6.92 Å². The molecule has 1 saturated heterocycles. The smallest absolute Gasteiger partial charge is 0.243 e. The molecule has 1 heterocycles. The third-order valence-electron chi connectivity index (χ3n) is 2.87. The van der Waals surface area contributed by atoms with Crippen LogP contribution in [0.1, 0.15) is 19.8 Å². The van der Waals surface area contributed by atoms with Crippen molar-refractivity contribution in [1.29, 1.82) is 0 Å². The lowest BCUT2D eigenvalue weighted by atomic mass is 10.2. The van der Waals surface area contributed by atoms with Crippen LogP contribution in [0.15, 0.2) is 24.3 Å². The summed E-state index contributed by atoms with van der Waals surface area (Å²) in [6.07, 6.45) is 1.72. The summed E-state index contributed by atoms with van der Waals surface area (Å²) in [7, 11) is 0. The third kappa shape index (κ3) is 2.58. The van der Waals surface area contributed by atoms with E-state index in [-0.39, 0.29) is 11.9 Å². The minimum Gasteiger partial charge on any atom is -0.494 e. The summed E-state index contributed by atoms with van der Waals surface area (Å²) < 4.78 is 5.49. The molecule has 4 nitrogen and oxygen atoms in total. The van der Waals surface area contributed by atoms with E-state index in [0.717, 1.165) is 24.3 Å². The van der Waals surface area contributed by atoms with Crippen LogP contribution in [0.2, 0.25) is 0 Å². The number of hydrogen-bond donors (Lipinski definition) is 1. The van der Waals surface area contributed by atoms with Crippen molar-refractivity contribution in [1.82, 2.24) is 0 Å². The van der Waals surface area contributed by atoms with Crippen molar-refractivity contribution in [2.24, 2.45) is 5.73 Å². The molecule has 0 saturated carbocycles. The number of amides is 1. The predicted octanol–water partition coefficient (Wildman–Crippen LogP) is 1.54. The van der Waals surface area contributed by atoms with Gasteiger partial charge < -0.3 is 15.4 Å². The van der Waals surface area contributed by atoms with E-state index in [0.29, 0.717) is 13.2 Å². The average Bonchev–Trinajstić information content (AvgIpc) is 2.68. The molecule has 0 radical (unpaired) electrons. The summed E-state index contributed by atoms with van der Waals surface area (Å²) in [5.41, 5.74) is 6.58. The molecule has 0 aliphatic carbocycles. The maximum atomic E-state index is 11.7. The second-order valence-electron chi connectivity index (χ2n) is 4.23. The normalized spacial score (nSPS) is 19.8. The summed E-state index contributed by atoms with van der Waals surface area (Å²) >= 11 is 0. The van der Waals surface area contributed by atoms with Crippen molar-refractivity contribution in [3.63, 3.8) is 0 Å². The van der Waals surface area contributed by atoms with E-state index in [1.54, 1.807) is 4.90 Å². The molecule has 2 N–H and O–H groups in total. The van der Waals surface area contributed by atoms with Gasteiger partial charge in [-0.1, -0.05) is 6.92 Å². The third-order valence-corrected chi connectivity index (χ3v) is 2.87. The second-order valence-corrected chi connectivity index (χ2v) is 4.23. The number of hydrogen-bond acceptors (Lipinski definition) is 3. The minimum absolute atomic E-state index is 0.00669. The van der Waals surface area contributed by atoms with E-state index < -0.39 is 0 Å². The number of carbonyl (C=O) groups excluding carboxylic acids is 1. The summed E-state index contributed by atoms with van der Waals surface area (Å²) in [4.78, 5) is 13.5. The van der Waals surface area contributed by atoms with Gasteiger partial charge in [-0.2, -0.15) is 0 Å². The first-order chi connectivity index (χ1) is 8.22. The molecule has 92 valence electrons. The molecule has 17 heavy (non-hydrogen) atoms. The summed E-state index contributed by atoms with van der Waals surface area (Å²) in [6.45, 7) is 3.49. The Kier molecular flexibility index (Phi) is 3.64. The Morgan fingerprint density at radius 1 is 1.41 bits per heavy atom. The second kappa shape index (κ2) is 5.19. The summed E-state index contributed by atoms with van der Waals surface area (Å²) in [5, 5.41) is 0. The Bertz CT molecular complexity index is 389. The van der Waals surface area contributed by atoms with Crippen LogP contribution >= 0.6 is 0 Å². The molecule has 1 aliphatic rings. The molecular weight excluding hydrogens is 216 g/mol. The highest BCUT2D eigenvalue weighted by atomic mass is 16.5. The Labute approximate surface area is 101 Å². The van der Waals surface area contributed by atoms with Crippen LogP contribution < -0.4 is 15.4 Å². The number of carbonyl (C=O) groups is 1. The number of rotatable bonds is 4. The monoisotopic (exact) mass is 234 g/mol. The van der Waals surface area contributed by atoms with Gasteiger partial charge in [-0.15, -0.1) is 0 Å². The van der Waals surface area contributed by atoms with Crippen molar-refractivity contribution >= 4 is 11.6 Å². The Morgan fingerprint density at radius 3 is 2.65 bits per heavy atom. The van der Waals surface area contributed by atoms with E-state index in [1.807, 2.05) is 24.3 Å². The van der Waals surface area contributed by atoms with Gasteiger partial charge in [-0.3, -0.25) is 4.79 Å². The zero-order chi connectivity index (χ0) is 12.3. The van der Waals surface area contributed by atoms with Crippen molar-refractivity contribution in [2.45, 2.75) is 25.8 Å². The molecule has 0 bridgehead atoms. The first-order valence-corrected chi connectivity index (χ1v) is 6.02. The molecule has 1 fully saturated rings. The topological polar surface area (TPSA) is 55.6 Å². The lowest BCUT2D eigenvalue weighted by Gasteiger charge is -2.16. The molecule has 4 heteroatoms. The van der Waals surface area contributed by atoms with Crippen LogP contribution in [0.4, 0.5) is 5.69 Å². The zero-order valence-corrected chi connectivity index (χ0v) is 10.1. The quantitative estimate of drug-likeness (QED) is 0.859. The molecule has 1 atom stereocenters. The van der Waals surface area contributed by atoms with Gasteiger partial charge in [0.05, 0.1) is 12.6 Å². The van der Waals surface area contributed by atoms with Crippen LogP contribution in [0.25, 0.3) is 0 Å². The number of ether oxygens (including phenoxy) is 1. The fourth-order valence-electron chi connectivity index (χ4n) is 1.90. The molecular formula is C13H18N2O2. The highest BCUT2D eigenvalue weighted by Gasteiger charge is 2.29. The van der Waals surface area contributed by atoms with Gasteiger partial charge in [0.15, 0.2) is 0 Å².